The van der Waals surface area contributed by atoms with Crippen LogP contribution in [0.15, 0.2) is 64.1 Å². The summed E-state index contributed by atoms with van der Waals surface area (Å²) in [6.07, 6.45) is 2.05. The Morgan fingerprint density at radius 2 is 1.63 bits per heavy atom. The molecule has 2 aliphatic heterocycles. The Bertz CT molecular complexity index is 1240. The first-order valence-corrected chi connectivity index (χ1v) is 14.5. The van der Waals surface area contributed by atoms with Crippen LogP contribution in [0, 0.1) is 5.92 Å². The van der Waals surface area contributed by atoms with Crippen molar-refractivity contribution in [3.63, 3.8) is 0 Å². The Kier molecular flexibility index (Phi) is 9.11. The highest BCUT2D eigenvalue weighted by Gasteiger charge is 2.47. The van der Waals surface area contributed by atoms with E-state index in [9.17, 15) is 9.59 Å². The lowest BCUT2D eigenvalue weighted by Gasteiger charge is -2.32. The van der Waals surface area contributed by atoms with Crippen LogP contribution >= 0.6 is 35.0 Å². The Hall–Kier alpha value is -2.48. The monoisotopic (exact) mass is 573 g/mol. The van der Waals surface area contributed by atoms with Crippen molar-refractivity contribution in [2.75, 3.05) is 7.05 Å². The molecule has 202 valence electrons. The lowest BCUT2D eigenvalue weighted by atomic mass is 9.92. The Balaban J connectivity index is 1.71. The molecule has 2 aliphatic rings. The molecular weight excluding hydrogens is 541 g/mol. The summed E-state index contributed by atoms with van der Waals surface area (Å²) in [5, 5.41) is 11.2. The van der Waals surface area contributed by atoms with Crippen LogP contribution < -0.4 is 0 Å². The maximum Gasteiger partial charge on any atom is 0.303 e. The van der Waals surface area contributed by atoms with Crippen molar-refractivity contribution in [3.8, 4) is 0 Å². The van der Waals surface area contributed by atoms with Gasteiger partial charge in [-0.25, -0.2) is 0 Å². The van der Waals surface area contributed by atoms with Crippen LogP contribution in [0.1, 0.15) is 69.7 Å². The summed E-state index contributed by atoms with van der Waals surface area (Å²) in [5.74, 6) is -0.781. The molecule has 0 saturated heterocycles. The molecule has 0 radical (unpaired) electrons. The van der Waals surface area contributed by atoms with Crippen molar-refractivity contribution in [1.82, 2.24) is 9.80 Å². The van der Waals surface area contributed by atoms with Crippen molar-refractivity contribution < 1.29 is 14.7 Å². The first-order chi connectivity index (χ1) is 18.1. The number of hydrogen-bond acceptors (Lipinski definition) is 5. The highest BCUT2D eigenvalue weighted by atomic mass is 35.5. The van der Waals surface area contributed by atoms with Crippen molar-refractivity contribution in [2.24, 2.45) is 10.9 Å². The van der Waals surface area contributed by atoms with E-state index in [0.29, 0.717) is 27.8 Å². The molecule has 0 fully saturated rings. The number of aliphatic imine (C=N–C) groups is 1. The van der Waals surface area contributed by atoms with E-state index < -0.39 is 5.97 Å². The molecule has 4 rings (SSSR count). The van der Waals surface area contributed by atoms with E-state index in [4.69, 9.17) is 33.3 Å². The molecule has 9 heteroatoms. The van der Waals surface area contributed by atoms with Gasteiger partial charge in [-0.05, 0) is 72.3 Å². The number of benzene rings is 2. The van der Waals surface area contributed by atoms with Gasteiger partial charge >= 0.3 is 5.97 Å². The first kappa shape index (κ1) is 28.5. The number of amides is 1. The zero-order chi connectivity index (χ0) is 27.6. The smallest absolute Gasteiger partial charge is 0.303 e. The number of fused-ring (bicyclic) bond motifs is 1. The molecule has 38 heavy (non-hydrogen) atoms. The molecule has 0 spiro atoms. The van der Waals surface area contributed by atoms with Crippen LogP contribution in [0.5, 0.6) is 0 Å². The summed E-state index contributed by atoms with van der Waals surface area (Å²) in [6, 6.07) is 15.3. The number of halogens is 2. The summed E-state index contributed by atoms with van der Waals surface area (Å²) in [6.45, 7) is 6.24. The van der Waals surface area contributed by atoms with Gasteiger partial charge in [-0.3, -0.25) is 14.6 Å². The number of carboxylic acid groups (broad SMARTS) is 1. The van der Waals surface area contributed by atoms with E-state index in [1.165, 1.54) is 11.8 Å². The second-order valence-corrected chi connectivity index (χ2v) is 11.9. The van der Waals surface area contributed by atoms with Gasteiger partial charge in [0, 0.05) is 35.3 Å². The highest BCUT2D eigenvalue weighted by Crippen LogP contribution is 2.53. The van der Waals surface area contributed by atoms with E-state index in [1.807, 2.05) is 62.5 Å². The second kappa shape index (κ2) is 12.1. The van der Waals surface area contributed by atoms with Gasteiger partial charge in [0.2, 0.25) is 0 Å². The molecule has 3 atom stereocenters. The average molecular weight is 575 g/mol. The fourth-order valence-electron chi connectivity index (χ4n) is 5.18. The van der Waals surface area contributed by atoms with Crippen molar-refractivity contribution in [3.05, 3.63) is 80.3 Å². The minimum atomic E-state index is -0.813. The number of allylic oxidation sites excluding steroid dienone is 1. The minimum absolute atomic E-state index is 0.0328. The summed E-state index contributed by atoms with van der Waals surface area (Å²) in [7, 11) is 1.82. The molecule has 1 amide bonds. The fourth-order valence-corrected chi connectivity index (χ4v) is 6.76. The number of rotatable bonds is 10. The minimum Gasteiger partial charge on any atom is -0.481 e. The van der Waals surface area contributed by atoms with Gasteiger partial charge in [-0.15, -0.1) is 0 Å². The molecule has 6 nitrogen and oxygen atoms in total. The molecule has 1 N–H and O–H groups in total. The number of thioether (sulfide) groups is 1. The quantitative estimate of drug-likeness (QED) is 0.317. The second-order valence-electron chi connectivity index (χ2n) is 10.0. The first-order valence-electron chi connectivity index (χ1n) is 12.9. The third-order valence-corrected chi connectivity index (χ3v) is 8.73. The summed E-state index contributed by atoms with van der Waals surface area (Å²) < 4.78 is 0. The van der Waals surface area contributed by atoms with Gasteiger partial charge in [-0.1, -0.05) is 68.2 Å². The van der Waals surface area contributed by atoms with E-state index in [1.54, 1.807) is 4.90 Å². The third-order valence-electron chi connectivity index (χ3n) is 7.15. The number of likely N-dealkylation sites (N-methyl/N-ethyl adjacent to an activating group) is 1. The van der Waals surface area contributed by atoms with E-state index in [2.05, 4.69) is 18.7 Å². The van der Waals surface area contributed by atoms with Gasteiger partial charge in [0.1, 0.15) is 10.9 Å². The molecule has 0 bridgehead atoms. The van der Waals surface area contributed by atoms with Crippen LogP contribution in [-0.2, 0) is 9.59 Å². The normalized spacial score (nSPS) is 19.6. The zero-order valence-corrected chi connectivity index (χ0v) is 24.4. The largest absolute Gasteiger partial charge is 0.481 e. The van der Waals surface area contributed by atoms with Crippen LogP contribution in [0.2, 0.25) is 10.0 Å². The van der Waals surface area contributed by atoms with Crippen molar-refractivity contribution in [2.45, 2.75) is 64.6 Å². The molecule has 0 saturated carbocycles. The van der Waals surface area contributed by atoms with Crippen LogP contribution in [0.3, 0.4) is 0 Å². The number of aliphatic carboxylic acids is 1. The van der Waals surface area contributed by atoms with Gasteiger partial charge in [0.15, 0.2) is 5.17 Å². The zero-order valence-electron chi connectivity index (χ0n) is 22.0. The summed E-state index contributed by atoms with van der Waals surface area (Å²) >= 11 is 13.8. The van der Waals surface area contributed by atoms with Crippen LogP contribution in [0.4, 0.5) is 0 Å². The molecule has 2 heterocycles. The number of amidine groups is 1. The number of carbonyl (C=O) groups excluding carboxylic acids is 1. The number of carbonyl (C=O) groups is 2. The van der Waals surface area contributed by atoms with Crippen LogP contribution in [-0.4, -0.2) is 45.0 Å². The Morgan fingerprint density at radius 3 is 2.16 bits per heavy atom. The number of nitrogens with zero attached hydrogens (tertiary/aromatic N) is 3. The Morgan fingerprint density at radius 1 is 1.05 bits per heavy atom. The lowest BCUT2D eigenvalue weighted by Crippen LogP contribution is -2.38. The fraction of sp³-hybridized carbons (Fsp3) is 0.414. The van der Waals surface area contributed by atoms with Gasteiger partial charge in [-0.2, -0.15) is 0 Å². The summed E-state index contributed by atoms with van der Waals surface area (Å²) in [5.41, 5.74) is 3.07. The Labute approximate surface area is 238 Å². The third kappa shape index (κ3) is 5.90. The highest BCUT2D eigenvalue weighted by molar-refractivity contribution is 8.18. The standard InChI is InChI=1S/C29H33Cl2N3O3S/c1-5-22(7-6-8-23(35)36)33(4)28(37)27-25(17(2)3)34-26(19-11-15-21(31)16-12-19)24(32-29(34)38-27)18-9-13-20(30)14-10-18/h9-17,22,24,26H,5-8H2,1-4H3,(H,35,36)/t22-,24+,26-/m1/s1. The maximum absolute atomic E-state index is 13.9. The SMILES string of the molecule is CC[C@H](CCCC(=O)O)N(C)C(=O)C1=C(C(C)C)N2C(=N[C@@H](c3ccc(Cl)cc3)[C@H]2c2ccc(Cl)cc2)S1. The molecule has 0 aliphatic carbocycles. The predicted octanol–water partition coefficient (Wildman–Crippen LogP) is 7.55. The van der Waals surface area contributed by atoms with E-state index in [-0.39, 0.29) is 36.4 Å². The van der Waals surface area contributed by atoms with E-state index in [0.717, 1.165) is 28.4 Å². The molecule has 2 aromatic rings. The topological polar surface area (TPSA) is 73.2 Å². The summed E-state index contributed by atoms with van der Waals surface area (Å²) in [4.78, 5) is 34.7. The van der Waals surface area contributed by atoms with E-state index >= 15 is 0 Å². The lowest BCUT2D eigenvalue weighted by molar-refractivity contribution is -0.137. The predicted molar refractivity (Wildman–Crippen MR) is 155 cm³/mol. The molecular formula is C29H33Cl2N3O3S. The maximum atomic E-state index is 13.9. The van der Waals surface area contributed by atoms with Gasteiger partial charge < -0.3 is 14.9 Å². The number of hydrogen-bond donors (Lipinski definition) is 1. The molecule has 0 unspecified atom stereocenters. The van der Waals surface area contributed by atoms with Crippen molar-refractivity contribution in [1.29, 1.82) is 0 Å². The molecule has 2 aromatic carbocycles. The molecule has 0 aromatic heterocycles. The van der Waals surface area contributed by atoms with Gasteiger partial charge in [0.05, 0.1) is 6.04 Å². The van der Waals surface area contributed by atoms with Crippen LogP contribution in [0.25, 0.3) is 0 Å². The average Bonchev–Trinajstić information content (AvgIpc) is 3.43. The number of carboxylic acids is 1. The van der Waals surface area contributed by atoms with Gasteiger partial charge in [0.25, 0.3) is 5.91 Å². The van der Waals surface area contributed by atoms with Crippen molar-refractivity contribution >= 4 is 52.0 Å².